The zero-order chi connectivity index (χ0) is 15.6. The first-order valence-electron chi connectivity index (χ1n) is 6.66. The van der Waals surface area contributed by atoms with Crippen LogP contribution in [0.1, 0.15) is 30.6 Å². The molecule has 2 rings (SSSR count). The quantitative estimate of drug-likeness (QED) is 0.770. The van der Waals surface area contributed by atoms with Gasteiger partial charge in [0, 0.05) is 5.56 Å². The number of hydrogen-bond donors (Lipinski definition) is 0. The number of hydrogen-bond acceptors (Lipinski definition) is 5. The van der Waals surface area contributed by atoms with Crippen molar-refractivity contribution in [3.8, 4) is 11.5 Å². The molecule has 6 nitrogen and oxygen atoms in total. The van der Waals surface area contributed by atoms with E-state index in [-0.39, 0.29) is 18.2 Å². The number of carbonyl (C=O) groups is 3. The maximum atomic E-state index is 12.4. The molecule has 0 saturated carbocycles. The first kappa shape index (κ1) is 15.0. The van der Waals surface area contributed by atoms with E-state index < -0.39 is 6.10 Å². The summed E-state index contributed by atoms with van der Waals surface area (Å²) in [4.78, 5) is 36.2. The van der Waals surface area contributed by atoms with Crippen molar-refractivity contribution < 1.29 is 23.9 Å². The second-order valence-corrected chi connectivity index (χ2v) is 4.83. The molecule has 0 aliphatic carbocycles. The van der Waals surface area contributed by atoms with Crippen LogP contribution in [0.2, 0.25) is 0 Å². The van der Waals surface area contributed by atoms with E-state index in [9.17, 15) is 14.4 Å². The van der Waals surface area contributed by atoms with Gasteiger partial charge in [0.25, 0.3) is 5.91 Å². The molecule has 0 bridgehead atoms. The van der Waals surface area contributed by atoms with Crippen molar-refractivity contribution >= 4 is 23.7 Å². The largest absolute Gasteiger partial charge is 0.493 e. The van der Waals surface area contributed by atoms with E-state index >= 15 is 0 Å². The van der Waals surface area contributed by atoms with Crippen molar-refractivity contribution in [2.24, 2.45) is 0 Å². The summed E-state index contributed by atoms with van der Waals surface area (Å²) in [7, 11) is 1.46. The van der Waals surface area contributed by atoms with Crippen molar-refractivity contribution in [3.05, 3.63) is 17.7 Å². The van der Waals surface area contributed by atoms with Gasteiger partial charge in [0.1, 0.15) is 12.1 Å². The fraction of sp³-hybridized carbons (Fsp3) is 0.400. The number of ketones is 1. The standard InChI is InChI=1S/C15H17NO5/c1-4-12-15(19)16(7-9(2)18)11-5-10(8-17)6-13(20-3)14(11)21-12/h5-6,8,12H,4,7H2,1-3H3. The fourth-order valence-electron chi connectivity index (χ4n) is 2.28. The first-order chi connectivity index (χ1) is 10.0. The summed E-state index contributed by atoms with van der Waals surface area (Å²) >= 11 is 0. The number of carbonyl (C=O) groups excluding carboxylic acids is 3. The van der Waals surface area contributed by atoms with Gasteiger partial charge in [-0.2, -0.15) is 0 Å². The molecule has 0 radical (unpaired) electrons. The van der Waals surface area contributed by atoms with Crippen LogP contribution in [0.15, 0.2) is 12.1 Å². The molecular weight excluding hydrogens is 274 g/mol. The lowest BCUT2D eigenvalue weighted by molar-refractivity contribution is -0.128. The van der Waals surface area contributed by atoms with E-state index in [1.807, 2.05) is 6.92 Å². The average molecular weight is 291 g/mol. The van der Waals surface area contributed by atoms with E-state index in [2.05, 4.69) is 0 Å². The van der Waals surface area contributed by atoms with Crippen LogP contribution in [0.5, 0.6) is 11.5 Å². The number of fused-ring (bicyclic) bond motifs is 1. The molecule has 1 unspecified atom stereocenters. The van der Waals surface area contributed by atoms with Crippen molar-refractivity contribution in [1.82, 2.24) is 0 Å². The maximum absolute atomic E-state index is 12.4. The summed E-state index contributed by atoms with van der Waals surface area (Å²) in [6, 6.07) is 3.07. The third-order valence-electron chi connectivity index (χ3n) is 3.26. The second kappa shape index (κ2) is 5.95. The third kappa shape index (κ3) is 2.74. The molecule has 0 fully saturated rings. The van der Waals surface area contributed by atoms with Crippen LogP contribution in [0.25, 0.3) is 0 Å². The Morgan fingerprint density at radius 3 is 2.71 bits per heavy atom. The second-order valence-electron chi connectivity index (χ2n) is 4.83. The Labute approximate surface area is 122 Å². The van der Waals surface area contributed by atoms with E-state index in [0.29, 0.717) is 35.5 Å². The molecule has 0 N–H and O–H groups in total. The lowest BCUT2D eigenvalue weighted by Crippen LogP contribution is -2.47. The van der Waals surface area contributed by atoms with E-state index in [4.69, 9.17) is 9.47 Å². The number of benzene rings is 1. The first-order valence-corrected chi connectivity index (χ1v) is 6.66. The number of amides is 1. The molecule has 1 aliphatic rings. The lowest BCUT2D eigenvalue weighted by Gasteiger charge is -2.34. The van der Waals surface area contributed by atoms with Gasteiger partial charge in [-0.05, 0) is 25.5 Å². The highest BCUT2D eigenvalue weighted by Gasteiger charge is 2.36. The molecule has 1 amide bonds. The van der Waals surface area contributed by atoms with Crippen LogP contribution in [0.3, 0.4) is 0 Å². The number of rotatable bonds is 5. The summed E-state index contributed by atoms with van der Waals surface area (Å²) in [6.45, 7) is 3.17. The summed E-state index contributed by atoms with van der Waals surface area (Å²) in [5.41, 5.74) is 0.742. The van der Waals surface area contributed by atoms with Crippen LogP contribution in [0.4, 0.5) is 5.69 Å². The Hall–Kier alpha value is -2.37. The number of methoxy groups -OCH3 is 1. The van der Waals surface area contributed by atoms with Gasteiger partial charge in [0.15, 0.2) is 17.6 Å². The van der Waals surface area contributed by atoms with Gasteiger partial charge in [0.05, 0.1) is 19.3 Å². The Morgan fingerprint density at radius 1 is 1.48 bits per heavy atom. The van der Waals surface area contributed by atoms with Crippen molar-refractivity contribution in [1.29, 1.82) is 0 Å². The molecule has 6 heteroatoms. The number of aldehydes is 1. The highest BCUT2D eigenvalue weighted by atomic mass is 16.5. The highest BCUT2D eigenvalue weighted by molar-refractivity contribution is 6.05. The van der Waals surface area contributed by atoms with Gasteiger partial charge in [-0.1, -0.05) is 6.92 Å². The summed E-state index contributed by atoms with van der Waals surface area (Å²) in [5, 5.41) is 0. The van der Waals surface area contributed by atoms with Gasteiger partial charge in [-0.3, -0.25) is 19.3 Å². The van der Waals surface area contributed by atoms with Crippen molar-refractivity contribution in [2.45, 2.75) is 26.4 Å². The number of nitrogens with zero attached hydrogens (tertiary/aromatic N) is 1. The molecule has 0 saturated heterocycles. The van der Waals surface area contributed by atoms with Crippen LogP contribution in [-0.2, 0) is 9.59 Å². The maximum Gasteiger partial charge on any atom is 0.268 e. The van der Waals surface area contributed by atoms with Gasteiger partial charge < -0.3 is 9.47 Å². The van der Waals surface area contributed by atoms with Crippen LogP contribution < -0.4 is 14.4 Å². The summed E-state index contributed by atoms with van der Waals surface area (Å²) in [6.07, 6.45) is 0.476. The summed E-state index contributed by atoms with van der Waals surface area (Å²) < 4.78 is 10.9. The smallest absolute Gasteiger partial charge is 0.268 e. The Morgan fingerprint density at radius 2 is 2.19 bits per heavy atom. The normalized spacial score (nSPS) is 17.0. The Kier molecular flexibility index (Phi) is 4.26. The minimum atomic E-state index is -0.659. The Bertz CT molecular complexity index is 596. The van der Waals surface area contributed by atoms with Crippen molar-refractivity contribution in [3.63, 3.8) is 0 Å². The minimum Gasteiger partial charge on any atom is -0.493 e. The van der Waals surface area contributed by atoms with E-state index in [0.717, 1.165) is 0 Å². The predicted molar refractivity (Wildman–Crippen MR) is 76.1 cm³/mol. The lowest BCUT2D eigenvalue weighted by atomic mass is 10.1. The van der Waals surface area contributed by atoms with Gasteiger partial charge in [-0.15, -0.1) is 0 Å². The third-order valence-corrected chi connectivity index (χ3v) is 3.26. The topological polar surface area (TPSA) is 72.9 Å². The monoisotopic (exact) mass is 291 g/mol. The average Bonchev–Trinajstić information content (AvgIpc) is 2.48. The molecule has 0 aromatic heterocycles. The SMILES string of the molecule is CCC1Oc2c(OC)cc(C=O)cc2N(CC(C)=O)C1=O. The predicted octanol–water partition coefficient (Wildman–Crippen LogP) is 1.60. The number of Topliss-reactive ketones (excluding diaryl/α,β-unsaturated/α-hetero) is 1. The molecule has 1 heterocycles. The van der Waals surface area contributed by atoms with E-state index in [1.165, 1.54) is 25.0 Å². The molecule has 1 aromatic carbocycles. The summed E-state index contributed by atoms with van der Waals surface area (Å²) in [5.74, 6) is 0.316. The van der Waals surface area contributed by atoms with Gasteiger partial charge in [-0.25, -0.2) is 0 Å². The van der Waals surface area contributed by atoms with Gasteiger partial charge >= 0.3 is 0 Å². The molecule has 1 aliphatic heterocycles. The minimum absolute atomic E-state index is 0.0584. The number of ether oxygens (including phenoxy) is 2. The number of anilines is 1. The zero-order valence-corrected chi connectivity index (χ0v) is 12.2. The molecule has 0 spiro atoms. The van der Waals surface area contributed by atoms with E-state index in [1.54, 1.807) is 6.07 Å². The molecule has 21 heavy (non-hydrogen) atoms. The molecule has 112 valence electrons. The van der Waals surface area contributed by atoms with Crippen molar-refractivity contribution in [2.75, 3.05) is 18.6 Å². The molecular formula is C15H17NO5. The van der Waals surface area contributed by atoms with Crippen LogP contribution >= 0.6 is 0 Å². The van der Waals surface area contributed by atoms with Crippen LogP contribution in [0, 0.1) is 0 Å². The molecule has 1 atom stereocenters. The molecule has 1 aromatic rings. The Balaban J connectivity index is 2.60. The highest BCUT2D eigenvalue weighted by Crippen LogP contribution is 2.42. The van der Waals surface area contributed by atoms with Gasteiger partial charge in [0.2, 0.25) is 0 Å². The fourth-order valence-corrected chi connectivity index (χ4v) is 2.28. The zero-order valence-electron chi connectivity index (χ0n) is 12.2. The van der Waals surface area contributed by atoms with Crippen LogP contribution in [-0.4, -0.2) is 37.7 Å².